The van der Waals surface area contributed by atoms with Crippen LogP contribution in [0.2, 0.25) is 0 Å². The van der Waals surface area contributed by atoms with E-state index in [9.17, 15) is 8.78 Å². The summed E-state index contributed by atoms with van der Waals surface area (Å²) in [6.45, 7) is 7.99. The van der Waals surface area contributed by atoms with Crippen molar-refractivity contribution in [1.82, 2.24) is 10.2 Å². The van der Waals surface area contributed by atoms with Crippen molar-refractivity contribution >= 4 is 0 Å². The van der Waals surface area contributed by atoms with Gasteiger partial charge in [-0.2, -0.15) is 0 Å². The molecule has 19 heavy (non-hydrogen) atoms. The second-order valence-electron chi connectivity index (χ2n) is 5.32. The Morgan fingerprint density at radius 1 is 1.16 bits per heavy atom. The van der Waals surface area contributed by atoms with Crippen LogP contribution in [0, 0.1) is 17.6 Å². The van der Waals surface area contributed by atoms with E-state index in [0.717, 1.165) is 44.2 Å². The standard InChI is InChI=1S/C15H22F2N2/c1-3-11(2)15(19-6-4-18-5-7-19)12-8-13(16)10-14(17)9-12/h8-11,15,18H,3-7H2,1-2H3/t11?,15-/m0/s1. The average Bonchev–Trinajstić information content (AvgIpc) is 2.39. The van der Waals surface area contributed by atoms with Gasteiger partial charge in [0, 0.05) is 38.3 Å². The van der Waals surface area contributed by atoms with Crippen LogP contribution in [-0.2, 0) is 0 Å². The number of benzene rings is 1. The van der Waals surface area contributed by atoms with Crippen LogP contribution in [0.25, 0.3) is 0 Å². The summed E-state index contributed by atoms with van der Waals surface area (Å²) in [6.07, 6.45) is 0.993. The maximum absolute atomic E-state index is 13.5. The topological polar surface area (TPSA) is 15.3 Å². The minimum Gasteiger partial charge on any atom is -0.314 e. The number of hydrogen-bond donors (Lipinski definition) is 1. The van der Waals surface area contributed by atoms with Crippen molar-refractivity contribution in [3.8, 4) is 0 Å². The molecule has 0 saturated carbocycles. The molecule has 1 aromatic rings. The summed E-state index contributed by atoms with van der Waals surface area (Å²) in [5.41, 5.74) is 0.758. The minimum absolute atomic E-state index is 0.0947. The van der Waals surface area contributed by atoms with Crippen LogP contribution in [0.15, 0.2) is 18.2 Å². The number of nitrogens with one attached hydrogen (secondary N) is 1. The van der Waals surface area contributed by atoms with Gasteiger partial charge in [0.1, 0.15) is 11.6 Å². The van der Waals surface area contributed by atoms with Crippen LogP contribution in [0.5, 0.6) is 0 Å². The summed E-state index contributed by atoms with van der Waals surface area (Å²) in [5.74, 6) is -0.601. The van der Waals surface area contributed by atoms with Crippen molar-refractivity contribution in [1.29, 1.82) is 0 Å². The van der Waals surface area contributed by atoms with E-state index in [2.05, 4.69) is 24.1 Å². The zero-order valence-electron chi connectivity index (χ0n) is 11.6. The molecule has 2 atom stereocenters. The summed E-state index contributed by atoms with van der Waals surface area (Å²) in [7, 11) is 0. The molecule has 106 valence electrons. The summed E-state index contributed by atoms with van der Waals surface area (Å²) in [4.78, 5) is 2.33. The Hall–Kier alpha value is -1.00. The van der Waals surface area contributed by atoms with Gasteiger partial charge >= 0.3 is 0 Å². The summed E-state index contributed by atoms with van der Waals surface area (Å²) >= 11 is 0. The first-order valence-electron chi connectivity index (χ1n) is 7.02. The van der Waals surface area contributed by atoms with Crippen LogP contribution < -0.4 is 5.32 Å². The van der Waals surface area contributed by atoms with Crippen molar-refractivity contribution in [2.45, 2.75) is 26.3 Å². The zero-order valence-corrected chi connectivity index (χ0v) is 11.6. The molecule has 1 N–H and O–H groups in total. The second-order valence-corrected chi connectivity index (χ2v) is 5.32. The minimum atomic E-state index is -0.488. The smallest absolute Gasteiger partial charge is 0.126 e. The van der Waals surface area contributed by atoms with Crippen molar-refractivity contribution in [2.24, 2.45) is 5.92 Å². The largest absolute Gasteiger partial charge is 0.314 e. The van der Waals surface area contributed by atoms with Gasteiger partial charge < -0.3 is 5.32 Å². The molecule has 0 radical (unpaired) electrons. The van der Waals surface area contributed by atoms with Gasteiger partial charge in [0.05, 0.1) is 0 Å². The van der Waals surface area contributed by atoms with E-state index in [1.165, 1.54) is 12.1 Å². The fourth-order valence-electron chi connectivity index (χ4n) is 2.83. The lowest BCUT2D eigenvalue weighted by Gasteiger charge is -2.38. The lowest BCUT2D eigenvalue weighted by molar-refractivity contribution is 0.128. The highest BCUT2D eigenvalue weighted by Gasteiger charge is 2.27. The molecular weight excluding hydrogens is 246 g/mol. The van der Waals surface area contributed by atoms with Crippen LogP contribution in [0.1, 0.15) is 31.9 Å². The second kappa shape index (κ2) is 6.44. The molecule has 0 amide bonds. The number of piperazine rings is 1. The van der Waals surface area contributed by atoms with Crippen LogP contribution in [0.4, 0.5) is 8.78 Å². The van der Waals surface area contributed by atoms with E-state index >= 15 is 0 Å². The Balaban J connectivity index is 2.30. The van der Waals surface area contributed by atoms with Gasteiger partial charge in [-0.25, -0.2) is 8.78 Å². The van der Waals surface area contributed by atoms with E-state index in [1.807, 2.05) is 0 Å². The Morgan fingerprint density at radius 3 is 2.26 bits per heavy atom. The molecule has 2 nitrogen and oxygen atoms in total. The maximum atomic E-state index is 13.5. The van der Waals surface area contributed by atoms with E-state index in [4.69, 9.17) is 0 Å². The normalized spacial score (nSPS) is 20.2. The molecule has 1 aliphatic heterocycles. The van der Waals surface area contributed by atoms with Crippen molar-refractivity contribution in [3.63, 3.8) is 0 Å². The van der Waals surface area contributed by atoms with Crippen molar-refractivity contribution < 1.29 is 8.78 Å². The molecule has 4 heteroatoms. The first kappa shape index (κ1) is 14.4. The number of nitrogens with zero attached hydrogens (tertiary/aromatic N) is 1. The molecule has 0 spiro atoms. The van der Waals surface area contributed by atoms with Gasteiger partial charge in [-0.3, -0.25) is 4.90 Å². The maximum Gasteiger partial charge on any atom is 0.126 e. The fourth-order valence-corrected chi connectivity index (χ4v) is 2.83. The molecule has 2 rings (SSSR count). The number of halogens is 2. The predicted octanol–water partition coefficient (Wildman–Crippen LogP) is 2.96. The van der Waals surface area contributed by atoms with Crippen LogP contribution in [0.3, 0.4) is 0 Å². The quantitative estimate of drug-likeness (QED) is 0.903. The van der Waals surface area contributed by atoms with Crippen LogP contribution >= 0.6 is 0 Å². The molecule has 0 bridgehead atoms. The van der Waals surface area contributed by atoms with Gasteiger partial charge in [-0.05, 0) is 23.6 Å². The third kappa shape index (κ3) is 3.51. The average molecular weight is 268 g/mol. The molecule has 0 aliphatic carbocycles. The third-order valence-electron chi connectivity index (χ3n) is 3.95. The molecule has 1 aliphatic rings. The lowest BCUT2D eigenvalue weighted by atomic mass is 9.90. The van der Waals surface area contributed by atoms with E-state index in [1.54, 1.807) is 0 Å². The Labute approximate surface area is 113 Å². The first-order valence-corrected chi connectivity index (χ1v) is 7.02. The van der Waals surface area contributed by atoms with Gasteiger partial charge in [0.2, 0.25) is 0 Å². The molecule has 1 aromatic carbocycles. The summed E-state index contributed by atoms with van der Waals surface area (Å²) in [6, 6.07) is 3.98. The monoisotopic (exact) mass is 268 g/mol. The highest BCUT2D eigenvalue weighted by atomic mass is 19.1. The number of rotatable bonds is 4. The molecule has 1 fully saturated rings. The third-order valence-corrected chi connectivity index (χ3v) is 3.95. The van der Waals surface area contributed by atoms with E-state index in [0.29, 0.717) is 5.92 Å². The molecule has 1 unspecified atom stereocenters. The molecule has 1 saturated heterocycles. The predicted molar refractivity (Wildman–Crippen MR) is 73.0 cm³/mol. The van der Waals surface area contributed by atoms with Crippen LogP contribution in [-0.4, -0.2) is 31.1 Å². The van der Waals surface area contributed by atoms with Gasteiger partial charge in [0.25, 0.3) is 0 Å². The summed E-state index contributed by atoms with van der Waals surface area (Å²) in [5, 5.41) is 3.31. The fraction of sp³-hybridized carbons (Fsp3) is 0.600. The highest BCUT2D eigenvalue weighted by Crippen LogP contribution is 2.31. The molecule has 1 heterocycles. The van der Waals surface area contributed by atoms with Crippen molar-refractivity contribution in [2.75, 3.05) is 26.2 Å². The first-order chi connectivity index (χ1) is 9.11. The van der Waals surface area contributed by atoms with Gasteiger partial charge in [-0.15, -0.1) is 0 Å². The van der Waals surface area contributed by atoms with Gasteiger partial charge in [-0.1, -0.05) is 20.3 Å². The summed E-state index contributed by atoms with van der Waals surface area (Å²) < 4.78 is 26.9. The number of hydrogen-bond acceptors (Lipinski definition) is 2. The Morgan fingerprint density at radius 2 is 1.74 bits per heavy atom. The lowest BCUT2D eigenvalue weighted by Crippen LogP contribution is -2.46. The molecular formula is C15H22F2N2. The van der Waals surface area contributed by atoms with Gasteiger partial charge in [0.15, 0.2) is 0 Å². The Bertz CT molecular complexity index is 396. The molecule has 0 aromatic heterocycles. The Kier molecular flexibility index (Phi) is 4.88. The highest BCUT2D eigenvalue weighted by molar-refractivity contribution is 5.22. The SMILES string of the molecule is CCC(C)[C@@H](c1cc(F)cc(F)c1)N1CCNCC1. The zero-order chi connectivity index (χ0) is 13.8. The van der Waals surface area contributed by atoms with E-state index < -0.39 is 11.6 Å². The van der Waals surface area contributed by atoms with Crippen molar-refractivity contribution in [3.05, 3.63) is 35.4 Å². The van der Waals surface area contributed by atoms with E-state index in [-0.39, 0.29) is 6.04 Å².